The molecule has 2 unspecified atom stereocenters. The first-order valence-corrected chi connectivity index (χ1v) is 9.29. The molecule has 3 rings (SSSR count). The lowest BCUT2D eigenvalue weighted by Gasteiger charge is -2.20. The van der Waals surface area contributed by atoms with Crippen molar-refractivity contribution in [3.63, 3.8) is 0 Å². The Morgan fingerprint density at radius 2 is 1.20 bits per heavy atom. The molecule has 0 radical (unpaired) electrons. The Labute approximate surface area is 174 Å². The highest BCUT2D eigenvalue weighted by Crippen LogP contribution is 2.25. The van der Waals surface area contributed by atoms with Crippen molar-refractivity contribution in [3.05, 3.63) is 108 Å². The lowest BCUT2D eigenvalue weighted by atomic mass is 10.1. The van der Waals surface area contributed by atoms with E-state index in [4.69, 9.17) is 14.2 Å². The summed E-state index contributed by atoms with van der Waals surface area (Å²) >= 11 is 0. The smallest absolute Gasteiger partial charge is 0.353 e. The Balaban J connectivity index is 1.78. The first-order chi connectivity index (χ1) is 14.7. The SMILES string of the molecule is O=COC(C(=O)OC(C(=O)OCc1ccccc1)c1ccccc1)c1ccccc1. The van der Waals surface area contributed by atoms with Crippen LogP contribution in [0.3, 0.4) is 0 Å². The van der Waals surface area contributed by atoms with Gasteiger partial charge in [0.05, 0.1) is 0 Å². The maximum absolute atomic E-state index is 12.8. The Morgan fingerprint density at radius 1 is 0.700 bits per heavy atom. The van der Waals surface area contributed by atoms with Gasteiger partial charge in [-0.3, -0.25) is 4.79 Å². The van der Waals surface area contributed by atoms with E-state index >= 15 is 0 Å². The minimum absolute atomic E-state index is 0.0352. The Kier molecular flexibility index (Phi) is 7.33. The van der Waals surface area contributed by atoms with Gasteiger partial charge in [0.1, 0.15) is 6.61 Å². The van der Waals surface area contributed by atoms with E-state index < -0.39 is 24.1 Å². The zero-order valence-electron chi connectivity index (χ0n) is 16.0. The summed E-state index contributed by atoms with van der Waals surface area (Å²) in [5, 5.41) is 0. The number of rotatable bonds is 9. The average Bonchev–Trinajstić information content (AvgIpc) is 2.81. The highest BCUT2D eigenvalue weighted by molar-refractivity contribution is 5.83. The molecule has 0 N–H and O–H groups in total. The highest BCUT2D eigenvalue weighted by Gasteiger charge is 2.32. The van der Waals surface area contributed by atoms with E-state index in [0.717, 1.165) is 5.56 Å². The van der Waals surface area contributed by atoms with Crippen LogP contribution < -0.4 is 0 Å². The first kappa shape index (κ1) is 20.8. The Hall–Kier alpha value is -3.93. The fourth-order valence-electron chi connectivity index (χ4n) is 2.82. The van der Waals surface area contributed by atoms with Crippen LogP contribution in [0.4, 0.5) is 0 Å². The predicted molar refractivity (Wildman–Crippen MR) is 108 cm³/mol. The molecule has 30 heavy (non-hydrogen) atoms. The van der Waals surface area contributed by atoms with Gasteiger partial charge in [-0.25, -0.2) is 9.59 Å². The molecule has 3 aromatic carbocycles. The van der Waals surface area contributed by atoms with Gasteiger partial charge in [0.25, 0.3) is 6.47 Å². The van der Waals surface area contributed by atoms with Crippen LogP contribution in [0, 0.1) is 0 Å². The van der Waals surface area contributed by atoms with E-state index in [2.05, 4.69) is 0 Å². The molecule has 0 aromatic heterocycles. The molecule has 0 saturated heterocycles. The zero-order valence-corrected chi connectivity index (χ0v) is 16.0. The molecule has 0 saturated carbocycles. The second-order valence-corrected chi connectivity index (χ2v) is 6.34. The summed E-state index contributed by atoms with van der Waals surface area (Å²) in [5.74, 6) is -1.60. The summed E-state index contributed by atoms with van der Waals surface area (Å²) in [6.45, 7) is 0.206. The third-order valence-corrected chi connectivity index (χ3v) is 4.28. The number of ether oxygens (including phenoxy) is 3. The fourth-order valence-corrected chi connectivity index (χ4v) is 2.82. The Morgan fingerprint density at radius 3 is 1.73 bits per heavy atom. The highest BCUT2D eigenvalue weighted by atomic mass is 16.6. The molecule has 0 spiro atoms. The van der Waals surface area contributed by atoms with Crippen molar-refractivity contribution in [3.8, 4) is 0 Å². The molecule has 0 aliphatic heterocycles. The molecule has 0 fully saturated rings. The van der Waals surface area contributed by atoms with Crippen LogP contribution in [0.2, 0.25) is 0 Å². The van der Waals surface area contributed by atoms with E-state index in [-0.39, 0.29) is 13.1 Å². The number of hydrogen-bond donors (Lipinski definition) is 0. The summed E-state index contributed by atoms with van der Waals surface area (Å²) in [4.78, 5) is 36.5. The van der Waals surface area contributed by atoms with Crippen LogP contribution in [0.1, 0.15) is 28.9 Å². The van der Waals surface area contributed by atoms with Gasteiger partial charge in [0, 0.05) is 11.1 Å². The van der Waals surface area contributed by atoms with Crippen molar-refractivity contribution in [1.29, 1.82) is 0 Å². The van der Waals surface area contributed by atoms with Crippen molar-refractivity contribution in [2.75, 3.05) is 0 Å². The molecule has 0 bridgehead atoms. The third kappa shape index (κ3) is 5.54. The van der Waals surface area contributed by atoms with Crippen molar-refractivity contribution in [1.82, 2.24) is 0 Å². The molecular formula is C24H20O6. The maximum atomic E-state index is 12.8. The Bertz CT molecular complexity index is 957. The minimum Gasteiger partial charge on any atom is -0.458 e. The molecule has 0 amide bonds. The van der Waals surface area contributed by atoms with Crippen LogP contribution in [0.5, 0.6) is 0 Å². The largest absolute Gasteiger partial charge is 0.458 e. The monoisotopic (exact) mass is 404 g/mol. The van der Waals surface area contributed by atoms with Crippen molar-refractivity contribution in [2.24, 2.45) is 0 Å². The van der Waals surface area contributed by atoms with E-state index in [1.165, 1.54) is 0 Å². The van der Waals surface area contributed by atoms with Gasteiger partial charge in [-0.05, 0) is 5.56 Å². The van der Waals surface area contributed by atoms with Gasteiger partial charge in [-0.1, -0.05) is 91.0 Å². The molecule has 2 atom stereocenters. The lowest BCUT2D eigenvalue weighted by Crippen LogP contribution is -2.26. The average molecular weight is 404 g/mol. The summed E-state index contributed by atoms with van der Waals surface area (Å²) in [5.41, 5.74) is 1.68. The molecule has 3 aromatic rings. The molecule has 0 heterocycles. The van der Waals surface area contributed by atoms with Gasteiger partial charge in [0.15, 0.2) is 0 Å². The molecule has 0 aliphatic carbocycles. The lowest BCUT2D eigenvalue weighted by molar-refractivity contribution is -0.177. The van der Waals surface area contributed by atoms with E-state index in [0.29, 0.717) is 11.1 Å². The van der Waals surface area contributed by atoms with Crippen molar-refractivity contribution in [2.45, 2.75) is 18.8 Å². The maximum Gasteiger partial charge on any atom is 0.353 e. The van der Waals surface area contributed by atoms with E-state index in [1.54, 1.807) is 60.7 Å². The van der Waals surface area contributed by atoms with Crippen LogP contribution in [-0.4, -0.2) is 18.4 Å². The van der Waals surface area contributed by atoms with Gasteiger partial charge >= 0.3 is 11.9 Å². The molecule has 6 nitrogen and oxygen atoms in total. The summed E-state index contributed by atoms with van der Waals surface area (Å²) in [7, 11) is 0. The second kappa shape index (κ2) is 10.6. The summed E-state index contributed by atoms with van der Waals surface area (Å²) < 4.78 is 15.8. The van der Waals surface area contributed by atoms with Gasteiger partial charge in [-0.15, -0.1) is 0 Å². The van der Waals surface area contributed by atoms with Gasteiger partial charge in [-0.2, -0.15) is 0 Å². The number of carbonyl (C=O) groups is 3. The van der Waals surface area contributed by atoms with Crippen molar-refractivity contribution < 1.29 is 28.6 Å². The van der Waals surface area contributed by atoms with Crippen LogP contribution in [0.15, 0.2) is 91.0 Å². The fraction of sp³-hybridized carbons (Fsp3) is 0.125. The number of esters is 2. The number of carbonyl (C=O) groups excluding carboxylic acids is 3. The van der Waals surface area contributed by atoms with Crippen LogP contribution in [0.25, 0.3) is 0 Å². The van der Waals surface area contributed by atoms with E-state index in [1.807, 2.05) is 30.3 Å². The third-order valence-electron chi connectivity index (χ3n) is 4.28. The molecule has 0 aliphatic rings. The molecule has 152 valence electrons. The minimum atomic E-state index is -1.30. The van der Waals surface area contributed by atoms with Crippen LogP contribution >= 0.6 is 0 Å². The summed E-state index contributed by atoms with van der Waals surface area (Å²) in [6.07, 6.45) is -2.60. The first-order valence-electron chi connectivity index (χ1n) is 9.29. The second-order valence-electron chi connectivity index (χ2n) is 6.34. The number of benzene rings is 3. The molecular weight excluding hydrogens is 384 g/mol. The van der Waals surface area contributed by atoms with Gasteiger partial charge < -0.3 is 14.2 Å². The molecule has 6 heteroatoms. The van der Waals surface area contributed by atoms with E-state index in [9.17, 15) is 14.4 Å². The van der Waals surface area contributed by atoms with Crippen LogP contribution in [-0.2, 0) is 35.2 Å². The zero-order chi connectivity index (χ0) is 21.2. The van der Waals surface area contributed by atoms with Gasteiger partial charge in [0.2, 0.25) is 12.2 Å². The quantitative estimate of drug-likeness (QED) is 0.305. The number of hydrogen-bond acceptors (Lipinski definition) is 6. The summed E-state index contributed by atoms with van der Waals surface area (Å²) in [6, 6.07) is 26.1. The topological polar surface area (TPSA) is 78.9 Å². The van der Waals surface area contributed by atoms with Crippen molar-refractivity contribution >= 4 is 18.4 Å². The predicted octanol–water partition coefficient (Wildman–Crippen LogP) is 3.93. The standard InChI is InChI=1S/C24H20O6/c25-17-29-21(19-12-6-2-7-13-19)24(27)30-22(20-14-8-3-9-15-20)23(26)28-16-18-10-4-1-5-11-18/h1-15,17,21-22H,16H2. The normalized spacial score (nSPS) is 12.3.